The summed E-state index contributed by atoms with van der Waals surface area (Å²) in [6.45, 7) is 8.65. The van der Waals surface area contributed by atoms with Crippen LogP contribution in [0.3, 0.4) is 0 Å². The predicted octanol–water partition coefficient (Wildman–Crippen LogP) is 11.6. The lowest BCUT2D eigenvalue weighted by Crippen LogP contribution is -2.05. The van der Waals surface area contributed by atoms with Crippen molar-refractivity contribution in [2.75, 3.05) is 25.3 Å². The Hall–Kier alpha value is -2.94. The van der Waals surface area contributed by atoms with Gasteiger partial charge < -0.3 is 20.5 Å². The van der Waals surface area contributed by atoms with Gasteiger partial charge in [0.15, 0.2) is 0 Å². The van der Waals surface area contributed by atoms with Crippen LogP contribution in [-0.4, -0.2) is 26.2 Å². The van der Waals surface area contributed by atoms with E-state index in [1.807, 2.05) is 24.3 Å². The molecule has 4 aromatic rings. The minimum atomic E-state index is -0.595. The van der Waals surface area contributed by atoms with Crippen molar-refractivity contribution in [1.29, 1.82) is 0 Å². The van der Waals surface area contributed by atoms with E-state index in [2.05, 4.69) is 77.9 Å². The second-order valence-electron chi connectivity index (χ2n) is 10.2. The van der Waals surface area contributed by atoms with E-state index in [0.717, 1.165) is 5.69 Å². The lowest BCUT2D eigenvalue weighted by molar-refractivity contribution is 0.0592. The molecule has 0 radical (unpaired) electrons. The number of nitrogens with one attached hydrogen (secondary N) is 1. The van der Waals surface area contributed by atoms with E-state index < -0.39 is 11.9 Å². The van der Waals surface area contributed by atoms with E-state index in [9.17, 15) is 9.59 Å². The minimum Gasteiger partial charge on any atom is -0.465 e. The standard InChI is InChI=1S/C17H17Cl2NO2.C9H11Br.C8H7Cl2NO2/c1-10(2)11-5-4-6-12(9-11)20-14-8-7-13(18)15(16(14)19)17(21)22-3;1-7(2)8-4-3-5-9(10)6-8;1-13-8(12)6-4(9)2-3-5(11)7(6)10/h4-10,20H,1-3H3;3-7H,1-2H3;2-3H,11H2,1H3. The smallest absolute Gasteiger partial charge is 0.340 e. The minimum absolute atomic E-state index is 0.103. The number of benzene rings is 4. The van der Waals surface area contributed by atoms with Gasteiger partial charge in [0, 0.05) is 10.2 Å². The molecule has 0 unspecified atom stereocenters. The molecule has 0 aliphatic rings. The Labute approximate surface area is 293 Å². The molecule has 0 saturated heterocycles. The van der Waals surface area contributed by atoms with Crippen LogP contribution in [0.1, 0.15) is 71.4 Å². The third-order valence-electron chi connectivity index (χ3n) is 6.34. The largest absolute Gasteiger partial charge is 0.465 e. The van der Waals surface area contributed by atoms with E-state index >= 15 is 0 Å². The van der Waals surface area contributed by atoms with Crippen molar-refractivity contribution >= 4 is 91.3 Å². The number of methoxy groups -OCH3 is 2. The zero-order chi connectivity index (χ0) is 33.8. The zero-order valence-corrected chi connectivity index (χ0v) is 30.3. The zero-order valence-electron chi connectivity index (χ0n) is 25.7. The fourth-order valence-electron chi connectivity index (χ4n) is 3.79. The molecule has 0 saturated carbocycles. The first-order valence-electron chi connectivity index (χ1n) is 13.7. The van der Waals surface area contributed by atoms with Gasteiger partial charge in [-0.3, -0.25) is 0 Å². The summed E-state index contributed by atoms with van der Waals surface area (Å²) in [6, 6.07) is 22.8. The van der Waals surface area contributed by atoms with Crippen LogP contribution in [-0.2, 0) is 9.47 Å². The highest BCUT2D eigenvalue weighted by molar-refractivity contribution is 9.10. The summed E-state index contributed by atoms with van der Waals surface area (Å²) in [7, 11) is 2.54. The van der Waals surface area contributed by atoms with Gasteiger partial charge in [0.05, 0.1) is 56.8 Å². The quantitative estimate of drug-likeness (QED) is 0.150. The van der Waals surface area contributed by atoms with Crippen LogP contribution in [0, 0.1) is 0 Å². The summed E-state index contributed by atoms with van der Waals surface area (Å²) in [5.41, 5.74) is 10.1. The van der Waals surface area contributed by atoms with Gasteiger partial charge in [-0.1, -0.05) is 114 Å². The highest BCUT2D eigenvalue weighted by atomic mass is 79.9. The second kappa shape index (κ2) is 18.3. The van der Waals surface area contributed by atoms with Crippen molar-refractivity contribution in [2.45, 2.75) is 39.5 Å². The summed E-state index contributed by atoms with van der Waals surface area (Å²) in [5, 5.41) is 4.07. The Morgan fingerprint density at radius 1 is 0.711 bits per heavy atom. The molecule has 0 fully saturated rings. The average molecular weight is 757 g/mol. The van der Waals surface area contributed by atoms with Crippen molar-refractivity contribution in [1.82, 2.24) is 0 Å². The van der Waals surface area contributed by atoms with Gasteiger partial charge in [0.1, 0.15) is 0 Å². The fourth-order valence-corrected chi connectivity index (χ4v) is 5.31. The van der Waals surface area contributed by atoms with Gasteiger partial charge >= 0.3 is 11.9 Å². The number of nitrogen functional groups attached to an aromatic ring is 1. The highest BCUT2D eigenvalue weighted by Crippen LogP contribution is 2.34. The topological polar surface area (TPSA) is 90.7 Å². The maximum absolute atomic E-state index is 11.8. The van der Waals surface area contributed by atoms with E-state index in [1.54, 1.807) is 12.1 Å². The number of hydrogen-bond donors (Lipinski definition) is 2. The average Bonchev–Trinajstić information content (AvgIpc) is 3.01. The number of carbonyl (C=O) groups is 2. The summed E-state index contributed by atoms with van der Waals surface area (Å²) in [4.78, 5) is 22.9. The summed E-state index contributed by atoms with van der Waals surface area (Å²) in [6.07, 6.45) is 0. The van der Waals surface area contributed by atoms with Gasteiger partial charge in [0.2, 0.25) is 0 Å². The Balaban J connectivity index is 0.000000259. The van der Waals surface area contributed by atoms with Crippen LogP contribution in [0.25, 0.3) is 0 Å². The van der Waals surface area contributed by atoms with Crippen LogP contribution in [0.5, 0.6) is 0 Å². The lowest BCUT2D eigenvalue weighted by atomic mass is 10.0. The molecule has 4 aromatic carbocycles. The molecule has 3 N–H and O–H groups in total. The molecular weight excluding hydrogens is 722 g/mol. The predicted molar refractivity (Wildman–Crippen MR) is 192 cm³/mol. The molecule has 0 aromatic heterocycles. The van der Waals surface area contributed by atoms with Crippen LogP contribution < -0.4 is 11.1 Å². The van der Waals surface area contributed by atoms with E-state index in [-0.39, 0.29) is 31.2 Å². The summed E-state index contributed by atoms with van der Waals surface area (Å²) >= 11 is 27.3. The molecule has 240 valence electrons. The molecule has 0 atom stereocenters. The molecule has 0 spiro atoms. The molecule has 45 heavy (non-hydrogen) atoms. The molecule has 0 heterocycles. The third kappa shape index (κ3) is 11.1. The maximum atomic E-state index is 11.8. The Morgan fingerprint density at radius 2 is 1.20 bits per heavy atom. The number of esters is 2. The maximum Gasteiger partial charge on any atom is 0.340 e. The van der Waals surface area contributed by atoms with E-state index in [4.69, 9.17) is 56.9 Å². The number of carbonyl (C=O) groups excluding carboxylic acids is 2. The number of nitrogens with two attached hydrogens (primary N) is 1. The highest BCUT2D eigenvalue weighted by Gasteiger charge is 2.19. The van der Waals surface area contributed by atoms with Gasteiger partial charge in [0.25, 0.3) is 0 Å². The van der Waals surface area contributed by atoms with Crippen molar-refractivity contribution in [3.63, 3.8) is 0 Å². The molecule has 0 amide bonds. The van der Waals surface area contributed by atoms with E-state index in [0.29, 0.717) is 23.2 Å². The molecule has 4 rings (SSSR count). The summed E-state index contributed by atoms with van der Waals surface area (Å²) < 4.78 is 10.4. The number of rotatable bonds is 6. The first-order chi connectivity index (χ1) is 21.2. The van der Waals surface area contributed by atoms with Gasteiger partial charge in [-0.15, -0.1) is 0 Å². The number of ether oxygens (including phenoxy) is 2. The second-order valence-corrected chi connectivity index (χ2v) is 12.7. The van der Waals surface area contributed by atoms with Crippen LogP contribution >= 0.6 is 62.3 Å². The van der Waals surface area contributed by atoms with Crippen molar-refractivity contribution in [3.05, 3.63) is 120 Å². The monoisotopic (exact) mass is 754 g/mol. The molecular formula is C34H35BrCl4N2O4. The Bertz CT molecular complexity index is 1630. The molecule has 0 aliphatic heterocycles. The lowest BCUT2D eigenvalue weighted by Gasteiger charge is -2.14. The van der Waals surface area contributed by atoms with E-state index in [1.165, 1.54) is 42.0 Å². The Kier molecular flexibility index (Phi) is 15.5. The van der Waals surface area contributed by atoms with Crippen LogP contribution in [0.2, 0.25) is 20.1 Å². The van der Waals surface area contributed by atoms with Crippen molar-refractivity contribution in [2.24, 2.45) is 0 Å². The molecule has 11 heteroatoms. The number of halogens is 5. The fraction of sp³-hybridized carbons (Fsp3) is 0.235. The van der Waals surface area contributed by atoms with Gasteiger partial charge in [-0.05, 0) is 71.5 Å². The van der Waals surface area contributed by atoms with Crippen molar-refractivity contribution < 1.29 is 19.1 Å². The number of hydrogen-bond acceptors (Lipinski definition) is 6. The SMILES string of the molecule is CC(C)c1cccc(Br)c1.COC(=O)c1c(Cl)ccc(N)c1Cl.COC(=O)c1c(Cl)ccc(Nc2cccc(C(C)C)c2)c1Cl. The van der Waals surface area contributed by atoms with Crippen LogP contribution in [0.4, 0.5) is 17.1 Å². The molecule has 0 bridgehead atoms. The normalized spacial score (nSPS) is 10.3. The third-order valence-corrected chi connectivity index (χ3v) is 8.26. The van der Waals surface area contributed by atoms with Crippen LogP contribution in [0.15, 0.2) is 77.3 Å². The Morgan fingerprint density at radius 3 is 1.69 bits per heavy atom. The summed E-state index contributed by atoms with van der Waals surface area (Å²) in [5.74, 6) is -0.109. The van der Waals surface area contributed by atoms with Gasteiger partial charge in [-0.2, -0.15) is 0 Å². The first kappa shape index (κ1) is 38.2. The molecule has 6 nitrogen and oxygen atoms in total. The van der Waals surface area contributed by atoms with Crippen molar-refractivity contribution in [3.8, 4) is 0 Å². The first-order valence-corrected chi connectivity index (χ1v) is 16.0. The molecule has 0 aliphatic carbocycles. The van der Waals surface area contributed by atoms with Gasteiger partial charge in [-0.25, -0.2) is 9.59 Å². The number of anilines is 3.